The summed E-state index contributed by atoms with van der Waals surface area (Å²) in [5.41, 5.74) is 5.23. The number of benzene rings is 1. The Kier molecular flexibility index (Phi) is 5.95. The first-order valence-electron chi connectivity index (χ1n) is 7.51. The van der Waals surface area contributed by atoms with Crippen molar-refractivity contribution in [1.82, 2.24) is 10.3 Å². The third-order valence-corrected chi connectivity index (χ3v) is 4.20. The van der Waals surface area contributed by atoms with Crippen LogP contribution in [0, 0.1) is 13.8 Å². The normalized spacial score (nSPS) is 12.4. The quantitative estimate of drug-likeness (QED) is 0.816. The van der Waals surface area contributed by atoms with Crippen molar-refractivity contribution in [2.45, 2.75) is 39.7 Å². The topological polar surface area (TPSA) is 24.9 Å². The summed E-state index contributed by atoms with van der Waals surface area (Å²) in [5.74, 6) is 0. The van der Waals surface area contributed by atoms with Crippen LogP contribution in [0.1, 0.15) is 41.8 Å². The second-order valence-electron chi connectivity index (χ2n) is 5.48. The third kappa shape index (κ3) is 4.39. The number of hydrogen-bond acceptors (Lipinski definition) is 2. The fourth-order valence-electron chi connectivity index (χ4n) is 2.71. The van der Waals surface area contributed by atoms with Gasteiger partial charge in [-0.05, 0) is 71.6 Å². The van der Waals surface area contributed by atoms with Crippen molar-refractivity contribution in [3.8, 4) is 0 Å². The molecule has 2 nitrogen and oxygen atoms in total. The van der Waals surface area contributed by atoms with Crippen LogP contribution < -0.4 is 5.32 Å². The van der Waals surface area contributed by atoms with Gasteiger partial charge in [-0.3, -0.25) is 4.98 Å². The van der Waals surface area contributed by atoms with Gasteiger partial charge in [-0.1, -0.05) is 25.1 Å². The molecule has 1 heterocycles. The molecule has 0 radical (unpaired) electrons. The van der Waals surface area contributed by atoms with Crippen LogP contribution in [0.5, 0.6) is 0 Å². The van der Waals surface area contributed by atoms with Crippen molar-refractivity contribution in [2.24, 2.45) is 0 Å². The highest BCUT2D eigenvalue weighted by Crippen LogP contribution is 2.25. The van der Waals surface area contributed by atoms with Crippen LogP contribution in [0.3, 0.4) is 0 Å². The SMILES string of the molecule is CCCNC(Cc1ccc(Br)cn1)c1c(C)cccc1C. The van der Waals surface area contributed by atoms with Gasteiger partial charge < -0.3 is 5.32 Å². The Bertz CT molecular complexity index is 558. The highest BCUT2D eigenvalue weighted by atomic mass is 79.9. The van der Waals surface area contributed by atoms with Crippen molar-refractivity contribution in [2.75, 3.05) is 6.54 Å². The van der Waals surface area contributed by atoms with E-state index in [0.717, 1.165) is 29.6 Å². The lowest BCUT2D eigenvalue weighted by Gasteiger charge is -2.23. The molecule has 0 fully saturated rings. The van der Waals surface area contributed by atoms with E-state index in [9.17, 15) is 0 Å². The minimum atomic E-state index is 0.319. The number of nitrogens with one attached hydrogen (secondary N) is 1. The molecule has 3 heteroatoms. The Morgan fingerprint density at radius 1 is 1.14 bits per heavy atom. The zero-order valence-corrected chi connectivity index (χ0v) is 14.6. The average molecular weight is 347 g/mol. The van der Waals surface area contributed by atoms with E-state index in [2.05, 4.69) is 77.3 Å². The standard InChI is InChI=1S/C18H23BrN2/c1-4-10-20-17(11-16-9-8-15(19)12-21-16)18-13(2)6-5-7-14(18)3/h5-9,12,17,20H,4,10-11H2,1-3H3. The lowest BCUT2D eigenvalue weighted by Crippen LogP contribution is -2.26. The van der Waals surface area contributed by atoms with Crippen molar-refractivity contribution >= 4 is 15.9 Å². The number of aromatic nitrogens is 1. The Morgan fingerprint density at radius 2 is 1.86 bits per heavy atom. The van der Waals surface area contributed by atoms with Crippen LogP contribution in [-0.4, -0.2) is 11.5 Å². The predicted octanol–water partition coefficient (Wildman–Crippen LogP) is 4.74. The molecule has 21 heavy (non-hydrogen) atoms. The third-order valence-electron chi connectivity index (χ3n) is 3.73. The van der Waals surface area contributed by atoms with Gasteiger partial charge in [0.2, 0.25) is 0 Å². The summed E-state index contributed by atoms with van der Waals surface area (Å²) in [6, 6.07) is 11.0. The Balaban J connectivity index is 2.27. The fourth-order valence-corrected chi connectivity index (χ4v) is 2.94. The van der Waals surface area contributed by atoms with Crippen LogP contribution in [0.15, 0.2) is 41.0 Å². The summed E-state index contributed by atoms with van der Waals surface area (Å²) in [6.45, 7) is 7.61. The molecule has 112 valence electrons. The van der Waals surface area contributed by atoms with E-state index in [1.807, 2.05) is 6.20 Å². The molecule has 0 aliphatic carbocycles. The van der Waals surface area contributed by atoms with Crippen molar-refractivity contribution in [3.05, 3.63) is 63.4 Å². The van der Waals surface area contributed by atoms with Crippen LogP contribution >= 0.6 is 15.9 Å². The molecule has 0 bridgehead atoms. The van der Waals surface area contributed by atoms with E-state index in [-0.39, 0.29) is 0 Å². The molecule has 1 unspecified atom stereocenters. The van der Waals surface area contributed by atoms with Crippen molar-refractivity contribution < 1.29 is 0 Å². The van der Waals surface area contributed by atoms with Gasteiger partial charge in [0.1, 0.15) is 0 Å². The summed E-state index contributed by atoms with van der Waals surface area (Å²) in [6.07, 6.45) is 3.92. The summed E-state index contributed by atoms with van der Waals surface area (Å²) in [7, 11) is 0. The smallest absolute Gasteiger partial charge is 0.0423 e. The average Bonchev–Trinajstić information content (AvgIpc) is 2.46. The maximum Gasteiger partial charge on any atom is 0.0423 e. The van der Waals surface area contributed by atoms with Gasteiger partial charge in [0.15, 0.2) is 0 Å². The van der Waals surface area contributed by atoms with E-state index in [1.54, 1.807) is 0 Å². The minimum Gasteiger partial charge on any atom is -0.310 e. The molecule has 0 aliphatic rings. The van der Waals surface area contributed by atoms with Gasteiger partial charge in [-0.25, -0.2) is 0 Å². The maximum atomic E-state index is 4.52. The van der Waals surface area contributed by atoms with Crippen molar-refractivity contribution in [3.63, 3.8) is 0 Å². The number of hydrogen-bond donors (Lipinski definition) is 1. The second kappa shape index (κ2) is 7.71. The Hall–Kier alpha value is -1.19. The molecule has 2 rings (SSSR count). The first kappa shape index (κ1) is 16.2. The fraction of sp³-hybridized carbons (Fsp3) is 0.389. The van der Waals surface area contributed by atoms with Gasteiger partial charge in [0.05, 0.1) is 0 Å². The first-order valence-corrected chi connectivity index (χ1v) is 8.31. The number of pyridine rings is 1. The summed E-state index contributed by atoms with van der Waals surface area (Å²) < 4.78 is 1.02. The van der Waals surface area contributed by atoms with E-state index < -0.39 is 0 Å². The van der Waals surface area contributed by atoms with E-state index in [0.29, 0.717) is 6.04 Å². The zero-order chi connectivity index (χ0) is 15.2. The molecular weight excluding hydrogens is 324 g/mol. The molecule has 0 spiro atoms. The van der Waals surface area contributed by atoms with Crippen LogP contribution in [0.4, 0.5) is 0 Å². The zero-order valence-electron chi connectivity index (χ0n) is 13.0. The Labute approximate surface area is 136 Å². The van der Waals surface area contributed by atoms with Crippen LogP contribution in [0.25, 0.3) is 0 Å². The molecule has 1 aromatic heterocycles. The minimum absolute atomic E-state index is 0.319. The molecule has 1 atom stereocenters. The number of nitrogens with zero attached hydrogens (tertiary/aromatic N) is 1. The van der Waals surface area contributed by atoms with Gasteiger partial charge in [-0.15, -0.1) is 0 Å². The molecule has 2 aromatic rings. The summed E-state index contributed by atoms with van der Waals surface area (Å²) >= 11 is 3.44. The van der Waals surface area contributed by atoms with E-state index in [4.69, 9.17) is 0 Å². The number of halogens is 1. The highest BCUT2D eigenvalue weighted by Gasteiger charge is 2.16. The highest BCUT2D eigenvalue weighted by molar-refractivity contribution is 9.10. The largest absolute Gasteiger partial charge is 0.310 e. The van der Waals surface area contributed by atoms with Crippen LogP contribution in [-0.2, 0) is 6.42 Å². The van der Waals surface area contributed by atoms with Gasteiger partial charge in [-0.2, -0.15) is 0 Å². The Morgan fingerprint density at radius 3 is 2.43 bits per heavy atom. The molecular formula is C18H23BrN2. The number of aryl methyl sites for hydroxylation is 2. The molecule has 0 amide bonds. The second-order valence-corrected chi connectivity index (χ2v) is 6.40. The number of rotatable bonds is 6. The molecule has 0 saturated carbocycles. The predicted molar refractivity (Wildman–Crippen MR) is 92.6 cm³/mol. The molecule has 1 N–H and O–H groups in total. The van der Waals surface area contributed by atoms with E-state index >= 15 is 0 Å². The van der Waals surface area contributed by atoms with Gasteiger partial charge in [0.25, 0.3) is 0 Å². The first-order chi connectivity index (χ1) is 10.1. The lowest BCUT2D eigenvalue weighted by atomic mass is 9.93. The van der Waals surface area contributed by atoms with Gasteiger partial charge in [0, 0.05) is 28.8 Å². The molecule has 1 aromatic carbocycles. The van der Waals surface area contributed by atoms with Crippen LogP contribution in [0.2, 0.25) is 0 Å². The summed E-state index contributed by atoms with van der Waals surface area (Å²) in [4.78, 5) is 4.52. The molecule has 0 saturated heterocycles. The molecule has 0 aliphatic heterocycles. The summed E-state index contributed by atoms with van der Waals surface area (Å²) in [5, 5.41) is 3.68. The monoisotopic (exact) mass is 346 g/mol. The maximum absolute atomic E-state index is 4.52. The van der Waals surface area contributed by atoms with E-state index in [1.165, 1.54) is 16.7 Å². The van der Waals surface area contributed by atoms with Crippen molar-refractivity contribution in [1.29, 1.82) is 0 Å². The van der Waals surface area contributed by atoms with Gasteiger partial charge >= 0.3 is 0 Å². The lowest BCUT2D eigenvalue weighted by molar-refractivity contribution is 0.520.